The molecule has 0 amide bonds. The van der Waals surface area contributed by atoms with Crippen LogP contribution in [-0.2, 0) is 0 Å². The predicted molar refractivity (Wildman–Crippen MR) is 87.8 cm³/mol. The molecule has 2 nitrogen and oxygen atoms in total. The lowest BCUT2D eigenvalue weighted by atomic mass is 9.30. The van der Waals surface area contributed by atoms with Crippen molar-refractivity contribution in [3.8, 4) is 0 Å². The summed E-state index contributed by atoms with van der Waals surface area (Å²) in [6.45, 7) is 6.70. The fraction of sp³-hybridized carbons (Fsp3) is 1.00. The highest BCUT2D eigenvalue weighted by atomic mass is 16.4. The van der Waals surface area contributed by atoms with Crippen molar-refractivity contribution in [2.45, 2.75) is 96.7 Å². The molecule has 0 saturated carbocycles. The smallest absolute Gasteiger partial charge is 0.397 e. The molecule has 0 aliphatic heterocycles. The summed E-state index contributed by atoms with van der Waals surface area (Å²) in [7, 11) is -0.612. The molecule has 1 atom stereocenters. The Bertz CT molecular complexity index is 201. The Morgan fingerprint density at radius 2 is 1.21 bits per heavy atom. The molecular formula is C15H34B2O2. The maximum absolute atomic E-state index is 9.29. The number of hydrogen-bond acceptors (Lipinski definition) is 2. The van der Waals surface area contributed by atoms with Gasteiger partial charge in [0, 0.05) is 0 Å². The molecule has 19 heavy (non-hydrogen) atoms. The monoisotopic (exact) mass is 268 g/mol. The van der Waals surface area contributed by atoms with Crippen molar-refractivity contribution in [3.63, 3.8) is 0 Å². The summed E-state index contributed by atoms with van der Waals surface area (Å²) in [4.78, 5) is 0. The molecule has 0 bridgehead atoms. The second-order valence-electron chi connectivity index (χ2n) is 6.47. The molecule has 1 unspecified atom stereocenters. The second kappa shape index (κ2) is 11.8. The van der Waals surface area contributed by atoms with Gasteiger partial charge in [-0.2, -0.15) is 0 Å². The van der Waals surface area contributed by atoms with E-state index in [1.807, 2.05) is 0 Å². The first-order valence-electron chi connectivity index (χ1n) is 8.40. The molecule has 0 heterocycles. The minimum Gasteiger partial charge on any atom is -0.434 e. The van der Waals surface area contributed by atoms with E-state index in [4.69, 9.17) is 0 Å². The van der Waals surface area contributed by atoms with Crippen LogP contribution in [0, 0.1) is 0 Å². The van der Waals surface area contributed by atoms with Crippen LogP contribution in [0.3, 0.4) is 0 Å². The fourth-order valence-corrected chi connectivity index (χ4v) is 2.90. The molecule has 0 aromatic rings. The molecule has 0 aliphatic rings. The molecule has 0 saturated heterocycles. The first kappa shape index (κ1) is 19.0. The standard InChI is InChI=1S/C15H34B2O2/c1-4-6-8-10-12-14-15(3,16-17(18)19)13-11-9-7-5-2/h16,18-19H,4-14H2,1-3H3. The van der Waals surface area contributed by atoms with Gasteiger partial charge in [-0.25, -0.2) is 0 Å². The van der Waals surface area contributed by atoms with Gasteiger partial charge in [0.1, 0.15) is 0 Å². The summed E-state index contributed by atoms with van der Waals surface area (Å²) >= 11 is 0. The van der Waals surface area contributed by atoms with Crippen LogP contribution in [0.5, 0.6) is 0 Å². The lowest BCUT2D eigenvalue weighted by Crippen LogP contribution is -2.32. The van der Waals surface area contributed by atoms with Crippen molar-refractivity contribution in [2.24, 2.45) is 0 Å². The van der Waals surface area contributed by atoms with Crippen LogP contribution >= 0.6 is 0 Å². The lowest BCUT2D eigenvalue weighted by Gasteiger charge is -2.29. The zero-order chi connectivity index (χ0) is 14.6. The number of rotatable bonds is 13. The van der Waals surface area contributed by atoms with Gasteiger partial charge in [0.05, 0.1) is 0 Å². The zero-order valence-corrected chi connectivity index (χ0v) is 13.5. The third-order valence-electron chi connectivity index (χ3n) is 4.19. The van der Waals surface area contributed by atoms with Gasteiger partial charge in [-0.05, 0) is 0 Å². The van der Waals surface area contributed by atoms with E-state index in [2.05, 4.69) is 20.8 Å². The first-order chi connectivity index (χ1) is 9.04. The van der Waals surface area contributed by atoms with E-state index in [9.17, 15) is 10.0 Å². The Kier molecular flexibility index (Phi) is 11.9. The van der Waals surface area contributed by atoms with Gasteiger partial charge >= 0.3 is 7.01 Å². The minimum atomic E-state index is -1.15. The molecule has 2 N–H and O–H groups in total. The third-order valence-corrected chi connectivity index (χ3v) is 4.19. The summed E-state index contributed by atoms with van der Waals surface area (Å²) < 4.78 is 0. The fourth-order valence-electron chi connectivity index (χ4n) is 2.90. The molecule has 0 radical (unpaired) electrons. The van der Waals surface area contributed by atoms with Gasteiger partial charge in [0.2, 0.25) is 0 Å². The summed E-state index contributed by atoms with van der Waals surface area (Å²) in [6.07, 6.45) is 13.8. The van der Waals surface area contributed by atoms with E-state index in [1.165, 1.54) is 57.8 Å². The Morgan fingerprint density at radius 1 is 0.789 bits per heavy atom. The molecule has 0 aliphatic carbocycles. The van der Waals surface area contributed by atoms with E-state index in [0.29, 0.717) is 7.17 Å². The summed E-state index contributed by atoms with van der Waals surface area (Å²) in [5.74, 6) is 0. The third kappa shape index (κ3) is 11.6. The van der Waals surface area contributed by atoms with E-state index >= 15 is 0 Å². The average molecular weight is 268 g/mol. The van der Waals surface area contributed by atoms with Crippen molar-refractivity contribution < 1.29 is 10.0 Å². The van der Waals surface area contributed by atoms with Crippen LogP contribution in [0.1, 0.15) is 91.4 Å². The molecule has 112 valence electrons. The van der Waals surface area contributed by atoms with Crippen molar-refractivity contribution >= 4 is 14.2 Å². The van der Waals surface area contributed by atoms with Gasteiger partial charge in [-0.1, -0.05) is 96.7 Å². The van der Waals surface area contributed by atoms with E-state index in [1.54, 1.807) is 0 Å². The SMILES string of the molecule is CCCCCCCC(C)(BB(O)O)CCCCCC. The van der Waals surface area contributed by atoms with Gasteiger partial charge in [-0.15, -0.1) is 0 Å². The quantitative estimate of drug-likeness (QED) is 0.393. The Hall–Kier alpha value is 0.0499. The molecular weight excluding hydrogens is 234 g/mol. The number of unbranched alkanes of at least 4 members (excludes halogenated alkanes) is 7. The van der Waals surface area contributed by atoms with Gasteiger partial charge in [0.15, 0.2) is 7.17 Å². The van der Waals surface area contributed by atoms with Crippen LogP contribution in [-0.4, -0.2) is 24.2 Å². The van der Waals surface area contributed by atoms with E-state index in [0.717, 1.165) is 12.8 Å². The average Bonchev–Trinajstić information content (AvgIpc) is 2.34. The molecule has 0 aromatic heterocycles. The number of hydrogen-bond donors (Lipinski definition) is 2. The minimum absolute atomic E-state index is 0.119. The lowest BCUT2D eigenvalue weighted by molar-refractivity contribution is 0.417. The normalized spacial score (nSPS) is 14.2. The maximum Gasteiger partial charge on any atom is 0.397 e. The molecule has 0 aromatic carbocycles. The van der Waals surface area contributed by atoms with Crippen LogP contribution in [0.15, 0.2) is 0 Å². The Balaban J connectivity index is 3.96. The summed E-state index contributed by atoms with van der Waals surface area (Å²) in [5.41, 5.74) is 0. The van der Waals surface area contributed by atoms with Crippen molar-refractivity contribution in [1.82, 2.24) is 0 Å². The largest absolute Gasteiger partial charge is 0.434 e. The van der Waals surface area contributed by atoms with Gasteiger partial charge < -0.3 is 10.0 Å². The summed E-state index contributed by atoms with van der Waals surface area (Å²) in [5, 5.41) is 18.7. The van der Waals surface area contributed by atoms with Crippen LogP contribution in [0.25, 0.3) is 0 Å². The zero-order valence-electron chi connectivity index (χ0n) is 13.5. The van der Waals surface area contributed by atoms with Gasteiger partial charge in [-0.3, -0.25) is 0 Å². The van der Waals surface area contributed by atoms with Crippen molar-refractivity contribution in [3.05, 3.63) is 0 Å². The second-order valence-corrected chi connectivity index (χ2v) is 6.47. The van der Waals surface area contributed by atoms with E-state index in [-0.39, 0.29) is 5.31 Å². The topological polar surface area (TPSA) is 40.5 Å². The molecule has 0 fully saturated rings. The highest BCUT2D eigenvalue weighted by molar-refractivity contribution is 7.05. The highest BCUT2D eigenvalue weighted by Crippen LogP contribution is 2.37. The molecule has 0 spiro atoms. The van der Waals surface area contributed by atoms with Crippen LogP contribution in [0.4, 0.5) is 0 Å². The van der Waals surface area contributed by atoms with Crippen molar-refractivity contribution in [1.29, 1.82) is 0 Å². The highest BCUT2D eigenvalue weighted by Gasteiger charge is 2.30. The Morgan fingerprint density at radius 3 is 1.63 bits per heavy atom. The summed E-state index contributed by atoms with van der Waals surface area (Å²) in [6, 6.07) is 0. The Labute approximate surface area is 121 Å². The molecule has 4 heteroatoms. The maximum atomic E-state index is 9.29. The van der Waals surface area contributed by atoms with E-state index < -0.39 is 7.01 Å². The molecule has 0 rings (SSSR count). The van der Waals surface area contributed by atoms with Gasteiger partial charge in [0.25, 0.3) is 0 Å². The first-order valence-corrected chi connectivity index (χ1v) is 8.40. The van der Waals surface area contributed by atoms with Crippen LogP contribution < -0.4 is 0 Å². The predicted octanol–water partition coefficient (Wildman–Crippen LogP) is 3.90. The van der Waals surface area contributed by atoms with Crippen LogP contribution in [0.2, 0.25) is 5.31 Å². The van der Waals surface area contributed by atoms with Crippen molar-refractivity contribution in [2.75, 3.05) is 0 Å².